The van der Waals surface area contributed by atoms with Crippen molar-refractivity contribution in [2.75, 3.05) is 5.32 Å². The molecule has 34 heavy (non-hydrogen) atoms. The third kappa shape index (κ3) is 3.63. The first-order valence-corrected chi connectivity index (χ1v) is 13.0. The average Bonchev–Trinajstić information content (AvgIpc) is 3.47. The SMILES string of the molecule is CC(C(=O)Nc1nc2ccccc2s1)n1cnc2scc(-c3ccc4c(c3)CCCC4)c2c1=O. The van der Waals surface area contributed by atoms with E-state index >= 15 is 0 Å². The number of anilines is 1. The van der Waals surface area contributed by atoms with Crippen LogP contribution in [0.1, 0.15) is 36.9 Å². The van der Waals surface area contributed by atoms with Crippen LogP contribution in [-0.2, 0) is 17.6 Å². The highest BCUT2D eigenvalue weighted by Gasteiger charge is 2.22. The average molecular weight is 487 g/mol. The first kappa shape index (κ1) is 21.2. The van der Waals surface area contributed by atoms with Crippen LogP contribution in [0.5, 0.6) is 0 Å². The van der Waals surface area contributed by atoms with Crippen LogP contribution in [0.4, 0.5) is 5.13 Å². The summed E-state index contributed by atoms with van der Waals surface area (Å²) >= 11 is 2.87. The Morgan fingerprint density at radius 1 is 1.12 bits per heavy atom. The van der Waals surface area contributed by atoms with Crippen molar-refractivity contribution >= 4 is 54.1 Å². The molecule has 3 heterocycles. The Labute approximate surface area is 203 Å². The van der Waals surface area contributed by atoms with Gasteiger partial charge in [-0.15, -0.1) is 11.3 Å². The molecule has 0 saturated heterocycles. The van der Waals surface area contributed by atoms with Gasteiger partial charge in [0.05, 0.1) is 21.9 Å². The molecule has 170 valence electrons. The Morgan fingerprint density at radius 3 is 2.79 bits per heavy atom. The third-order valence-corrected chi connectivity index (χ3v) is 8.34. The van der Waals surface area contributed by atoms with Gasteiger partial charge in [-0.3, -0.25) is 14.2 Å². The number of hydrogen-bond acceptors (Lipinski definition) is 6. The summed E-state index contributed by atoms with van der Waals surface area (Å²) in [4.78, 5) is 36.2. The lowest BCUT2D eigenvalue weighted by atomic mass is 9.89. The molecule has 1 aliphatic rings. The zero-order chi connectivity index (χ0) is 23.2. The molecule has 1 N–H and O–H groups in total. The quantitative estimate of drug-likeness (QED) is 0.348. The van der Waals surface area contributed by atoms with E-state index in [-0.39, 0.29) is 11.5 Å². The molecule has 0 bridgehead atoms. The number of thiazole rings is 1. The summed E-state index contributed by atoms with van der Waals surface area (Å²) in [6.45, 7) is 1.71. The second kappa shape index (κ2) is 8.45. The van der Waals surface area contributed by atoms with Crippen LogP contribution in [0.2, 0.25) is 0 Å². The Kier molecular flexibility index (Phi) is 5.27. The number of fused-ring (bicyclic) bond motifs is 3. The molecule has 0 radical (unpaired) electrons. The summed E-state index contributed by atoms with van der Waals surface area (Å²) in [6.07, 6.45) is 6.11. The number of hydrogen-bond donors (Lipinski definition) is 1. The van der Waals surface area contributed by atoms with Crippen molar-refractivity contribution in [2.45, 2.75) is 38.6 Å². The lowest BCUT2D eigenvalue weighted by molar-refractivity contribution is -0.118. The predicted octanol–water partition coefficient (Wildman–Crippen LogP) is 5.81. The number of para-hydroxylation sites is 1. The summed E-state index contributed by atoms with van der Waals surface area (Å²) < 4.78 is 2.42. The fourth-order valence-corrected chi connectivity index (χ4v) is 6.37. The molecule has 1 atom stereocenters. The number of aryl methyl sites for hydroxylation is 2. The first-order chi connectivity index (χ1) is 16.6. The van der Waals surface area contributed by atoms with Crippen LogP contribution in [-0.4, -0.2) is 20.4 Å². The Hall–Kier alpha value is -3.36. The highest BCUT2D eigenvalue weighted by molar-refractivity contribution is 7.22. The summed E-state index contributed by atoms with van der Waals surface area (Å²) in [5.41, 5.74) is 5.34. The van der Waals surface area contributed by atoms with Crippen molar-refractivity contribution in [1.82, 2.24) is 14.5 Å². The number of nitrogens with one attached hydrogen (secondary N) is 1. The van der Waals surface area contributed by atoms with Gasteiger partial charge in [0.2, 0.25) is 5.91 Å². The number of amides is 1. The molecule has 0 saturated carbocycles. The number of carbonyl (C=O) groups is 1. The Balaban J connectivity index is 1.34. The van der Waals surface area contributed by atoms with E-state index in [0.717, 1.165) is 34.2 Å². The molecule has 5 aromatic rings. The van der Waals surface area contributed by atoms with Crippen molar-refractivity contribution in [3.8, 4) is 11.1 Å². The highest BCUT2D eigenvalue weighted by atomic mass is 32.1. The van der Waals surface area contributed by atoms with E-state index in [1.165, 1.54) is 57.5 Å². The summed E-state index contributed by atoms with van der Waals surface area (Å²) in [5, 5.41) is 5.95. The van der Waals surface area contributed by atoms with Crippen molar-refractivity contribution in [3.05, 3.63) is 75.7 Å². The van der Waals surface area contributed by atoms with Crippen LogP contribution >= 0.6 is 22.7 Å². The van der Waals surface area contributed by atoms with Gasteiger partial charge in [-0.25, -0.2) is 9.97 Å². The van der Waals surface area contributed by atoms with E-state index in [9.17, 15) is 9.59 Å². The molecule has 6 rings (SSSR count). The molecule has 3 aromatic heterocycles. The van der Waals surface area contributed by atoms with Crippen molar-refractivity contribution < 1.29 is 4.79 Å². The molecule has 8 heteroatoms. The molecule has 2 aromatic carbocycles. The van der Waals surface area contributed by atoms with Crippen LogP contribution in [0.25, 0.3) is 31.6 Å². The fourth-order valence-electron chi connectivity index (χ4n) is 4.60. The molecular weight excluding hydrogens is 464 g/mol. The molecule has 1 aliphatic carbocycles. The van der Waals surface area contributed by atoms with E-state index in [1.54, 1.807) is 6.92 Å². The molecule has 1 unspecified atom stereocenters. The fraction of sp³-hybridized carbons (Fsp3) is 0.231. The van der Waals surface area contributed by atoms with E-state index in [0.29, 0.717) is 15.3 Å². The van der Waals surface area contributed by atoms with E-state index in [1.807, 2.05) is 29.6 Å². The minimum Gasteiger partial charge on any atom is -0.300 e. The van der Waals surface area contributed by atoms with Crippen LogP contribution in [0, 0.1) is 0 Å². The lowest BCUT2D eigenvalue weighted by Gasteiger charge is -2.17. The monoisotopic (exact) mass is 486 g/mol. The zero-order valence-electron chi connectivity index (χ0n) is 18.6. The van der Waals surface area contributed by atoms with Crippen LogP contribution in [0.15, 0.2) is 59.0 Å². The number of rotatable bonds is 4. The normalized spacial score (nSPS) is 14.3. The largest absolute Gasteiger partial charge is 0.300 e. The van der Waals surface area contributed by atoms with E-state index in [2.05, 4.69) is 33.5 Å². The van der Waals surface area contributed by atoms with Crippen LogP contribution in [0.3, 0.4) is 0 Å². The topological polar surface area (TPSA) is 76.9 Å². The minimum absolute atomic E-state index is 0.203. The second-order valence-electron chi connectivity index (χ2n) is 8.63. The Morgan fingerprint density at radius 2 is 1.94 bits per heavy atom. The molecule has 6 nitrogen and oxygen atoms in total. The standard InChI is InChI=1S/C26H22N4O2S2/c1-15(23(31)29-26-28-20-8-4-5-9-21(20)34-26)30-14-27-24-22(25(30)32)19(13-33-24)18-11-10-16-6-2-3-7-17(16)12-18/h4-5,8-15H,2-3,6-7H2,1H3,(H,28,29,31). The van der Waals surface area contributed by atoms with Gasteiger partial charge in [0.25, 0.3) is 5.56 Å². The van der Waals surface area contributed by atoms with Crippen molar-refractivity contribution in [1.29, 1.82) is 0 Å². The van der Waals surface area contributed by atoms with Gasteiger partial charge in [-0.05, 0) is 61.4 Å². The molecular formula is C26H22N4O2S2. The van der Waals surface area contributed by atoms with E-state index < -0.39 is 6.04 Å². The molecule has 0 fully saturated rings. The number of carbonyl (C=O) groups excluding carboxylic acids is 1. The van der Waals surface area contributed by atoms with Crippen LogP contribution < -0.4 is 10.9 Å². The zero-order valence-corrected chi connectivity index (χ0v) is 20.2. The van der Waals surface area contributed by atoms with Gasteiger partial charge in [0, 0.05) is 10.9 Å². The van der Waals surface area contributed by atoms with Gasteiger partial charge in [-0.1, -0.05) is 41.7 Å². The third-order valence-electron chi connectivity index (χ3n) is 6.50. The minimum atomic E-state index is -0.729. The number of thiophene rings is 1. The maximum atomic E-state index is 13.5. The van der Waals surface area contributed by atoms with E-state index in [4.69, 9.17) is 0 Å². The van der Waals surface area contributed by atoms with Gasteiger partial charge >= 0.3 is 0 Å². The first-order valence-electron chi connectivity index (χ1n) is 11.4. The molecule has 1 amide bonds. The van der Waals surface area contributed by atoms with Crippen molar-refractivity contribution in [2.24, 2.45) is 0 Å². The number of aromatic nitrogens is 3. The maximum Gasteiger partial charge on any atom is 0.263 e. The van der Waals surface area contributed by atoms with Gasteiger partial charge in [0.1, 0.15) is 10.9 Å². The van der Waals surface area contributed by atoms with Crippen molar-refractivity contribution in [3.63, 3.8) is 0 Å². The number of nitrogens with zero attached hydrogens (tertiary/aromatic N) is 3. The van der Waals surface area contributed by atoms with Gasteiger partial charge < -0.3 is 5.32 Å². The summed E-state index contributed by atoms with van der Waals surface area (Å²) in [7, 11) is 0. The second-order valence-corrected chi connectivity index (χ2v) is 10.5. The van der Waals surface area contributed by atoms with Gasteiger partial charge in [0.15, 0.2) is 5.13 Å². The van der Waals surface area contributed by atoms with Gasteiger partial charge in [-0.2, -0.15) is 0 Å². The number of benzene rings is 2. The lowest BCUT2D eigenvalue weighted by Crippen LogP contribution is -2.31. The summed E-state index contributed by atoms with van der Waals surface area (Å²) in [6, 6.07) is 13.5. The summed E-state index contributed by atoms with van der Waals surface area (Å²) in [5.74, 6) is -0.298. The maximum absolute atomic E-state index is 13.5. The molecule has 0 aliphatic heterocycles. The Bertz CT molecular complexity index is 1580. The predicted molar refractivity (Wildman–Crippen MR) is 139 cm³/mol. The highest BCUT2D eigenvalue weighted by Crippen LogP contribution is 2.34. The smallest absolute Gasteiger partial charge is 0.263 e. The molecule has 0 spiro atoms.